The summed E-state index contributed by atoms with van der Waals surface area (Å²) in [4.78, 5) is 20.5. The number of morpholine rings is 1. The summed E-state index contributed by atoms with van der Waals surface area (Å²) in [6.45, 7) is 14.0. The van der Waals surface area contributed by atoms with Gasteiger partial charge < -0.3 is 25.0 Å². The lowest BCUT2D eigenvalue weighted by molar-refractivity contribution is -0.127. The van der Waals surface area contributed by atoms with E-state index in [2.05, 4.69) is 41.3 Å². The van der Waals surface area contributed by atoms with E-state index in [4.69, 9.17) is 9.47 Å². The summed E-state index contributed by atoms with van der Waals surface area (Å²) in [6.07, 6.45) is 3.50. The van der Waals surface area contributed by atoms with Crippen LogP contribution in [-0.4, -0.2) is 101 Å². The van der Waals surface area contributed by atoms with Crippen LogP contribution in [0.2, 0.25) is 0 Å². The van der Waals surface area contributed by atoms with Crippen LogP contribution in [0, 0.1) is 11.3 Å². The molecule has 0 spiro atoms. The van der Waals surface area contributed by atoms with Gasteiger partial charge in [-0.3, -0.25) is 9.69 Å². The highest BCUT2D eigenvalue weighted by Gasteiger charge is 2.35. The van der Waals surface area contributed by atoms with E-state index < -0.39 is 0 Å². The Hall–Kier alpha value is -1.38. The van der Waals surface area contributed by atoms with E-state index in [0.29, 0.717) is 11.9 Å². The molecule has 2 saturated heterocycles. The highest BCUT2D eigenvalue weighted by molar-refractivity contribution is 5.84. The first-order valence-corrected chi connectivity index (χ1v) is 11.4. The predicted molar refractivity (Wildman–Crippen MR) is 121 cm³/mol. The molecule has 30 heavy (non-hydrogen) atoms. The van der Waals surface area contributed by atoms with Crippen molar-refractivity contribution in [1.29, 1.82) is 0 Å². The fourth-order valence-electron chi connectivity index (χ4n) is 4.03. The quantitative estimate of drug-likeness (QED) is 0.345. The van der Waals surface area contributed by atoms with Crippen LogP contribution in [0.4, 0.5) is 0 Å². The van der Waals surface area contributed by atoms with Gasteiger partial charge in [0.05, 0.1) is 19.3 Å². The number of carbonyl (C=O) groups excluding carboxylic acids is 1. The average molecular weight is 426 g/mol. The van der Waals surface area contributed by atoms with Crippen LogP contribution in [0.3, 0.4) is 0 Å². The summed E-state index contributed by atoms with van der Waals surface area (Å²) in [7, 11) is 3.52. The van der Waals surface area contributed by atoms with Gasteiger partial charge in [-0.1, -0.05) is 20.8 Å². The maximum atomic E-state index is 12.0. The summed E-state index contributed by atoms with van der Waals surface area (Å²) in [5.41, 5.74) is 0.108. The Balaban J connectivity index is 1.86. The molecule has 2 fully saturated rings. The number of ether oxygens (including phenoxy) is 2. The lowest BCUT2D eigenvalue weighted by Crippen LogP contribution is -2.48. The molecule has 0 aromatic rings. The minimum Gasteiger partial charge on any atom is -0.379 e. The molecule has 8 nitrogen and oxygen atoms in total. The van der Waals surface area contributed by atoms with E-state index in [1.54, 1.807) is 19.0 Å². The number of guanidine groups is 1. The van der Waals surface area contributed by atoms with Gasteiger partial charge in [0.2, 0.25) is 5.91 Å². The van der Waals surface area contributed by atoms with Crippen LogP contribution in [0.25, 0.3) is 0 Å². The molecule has 2 aliphatic rings. The van der Waals surface area contributed by atoms with Crippen molar-refractivity contribution in [3.05, 3.63) is 0 Å². The maximum Gasteiger partial charge on any atom is 0.243 e. The number of hydrogen-bond acceptors (Lipinski definition) is 5. The average Bonchev–Trinajstić information content (AvgIpc) is 2.72. The van der Waals surface area contributed by atoms with E-state index in [0.717, 1.165) is 71.8 Å². The Labute approximate surface area is 182 Å². The first kappa shape index (κ1) is 24.9. The van der Waals surface area contributed by atoms with E-state index in [1.807, 2.05) is 0 Å². The van der Waals surface area contributed by atoms with Crippen molar-refractivity contribution < 1.29 is 14.3 Å². The van der Waals surface area contributed by atoms with Gasteiger partial charge in [0.1, 0.15) is 6.54 Å². The van der Waals surface area contributed by atoms with Crippen LogP contribution < -0.4 is 10.6 Å². The number of aliphatic imine (C=N–C) groups is 1. The molecule has 174 valence electrons. The third-order valence-corrected chi connectivity index (χ3v) is 5.75. The van der Waals surface area contributed by atoms with Crippen LogP contribution in [0.5, 0.6) is 0 Å². The van der Waals surface area contributed by atoms with E-state index in [-0.39, 0.29) is 24.0 Å². The summed E-state index contributed by atoms with van der Waals surface area (Å²) < 4.78 is 11.5. The zero-order valence-electron chi connectivity index (χ0n) is 19.7. The maximum absolute atomic E-state index is 12.0. The summed E-state index contributed by atoms with van der Waals surface area (Å²) in [5.74, 6) is 1.15. The topological polar surface area (TPSA) is 78.4 Å². The lowest BCUT2D eigenvalue weighted by atomic mass is 9.78. The molecule has 2 aliphatic heterocycles. The van der Waals surface area contributed by atoms with E-state index in [1.165, 1.54) is 0 Å². The first-order valence-electron chi connectivity index (χ1n) is 11.4. The fourth-order valence-corrected chi connectivity index (χ4v) is 4.03. The van der Waals surface area contributed by atoms with Gasteiger partial charge in [-0.2, -0.15) is 0 Å². The summed E-state index contributed by atoms with van der Waals surface area (Å²) in [6, 6.07) is 0. The molecule has 0 aliphatic carbocycles. The standard InChI is InChI=1S/C22H43N5O3/c1-22(2,3)20-18(8-6-13-30-20)16-24-21(25-17-19(28)26(4)5)23-9-7-10-27-11-14-29-15-12-27/h18,20H,6-17H2,1-5H3,(H2,23,24,25). The van der Waals surface area contributed by atoms with Crippen LogP contribution >= 0.6 is 0 Å². The van der Waals surface area contributed by atoms with Crippen molar-refractivity contribution in [2.75, 3.05) is 73.2 Å². The minimum absolute atomic E-state index is 0.00187. The molecule has 0 saturated carbocycles. The Bertz CT molecular complexity index is 541. The molecule has 2 N–H and O–H groups in total. The molecule has 2 atom stereocenters. The molecule has 8 heteroatoms. The van der Waals surface area contributed by atoms with Crippen molar-refractivity contribution in [3.63, 3.8) is 0 Å². The number of rotatable bonds is 8. The van der Waals surface area contributed by atoms with E-state index in [9.17, 15) is 4.79 Å². The monoisotopic (exact) mass is 425 g/mol. The van der Waals surface area contributed by atoms with Gasteiger partial charge in [0.15, 0.2) is 5.96 Å². The molecule has 2 rings (SSSR count). The smallest absolute Gasteiger partial charge is 0.243 e. The van der Waals surface area contributed by atoms with Crippen LogP contribution in [0.1, 0.15) is 40.0 Å². The van der Waals surface area contributed by atoms with Gasteiger partial charge in [-0.25, -0.2) is 4.99 Å². The molecular weight excluding hydrogens is 382 g/mol. The highest BCUT2D eigenvalue weighted by Crippen LogP contribution is 2.33. The third-order valence-electron chi connectivity index (χ3n) is 5.75. The van der Waals surface area contributed by atoms with Gasteiger partial charge in [-0.15, -0.1) is 0 Å². The summed E-state index contributed by atoms with van der Waals surface area (Å²) in [5, 5.41) is 6.90. The highest BCUT2D eigenvalue weighted by atomic mass is 16.5. The van der Waals surface area contributed by atoms with Gasteiger partial charge in [-0.05, 0) is 31.2 Å². The fraction of sp³-hybridized carbons (Fsp3) is 0.909. The number of amides is 1. The van der Waals surface area contributed by atoms with Crippen molar-refractivity contribution in [3.8, 4) is 0 Å². The number of hydrogen-bond donors (Lipinski definition) is 2. The second-order valence-corrected chi connectivity index (χ2v) is 9.63. The second kappa shape index (κ2) is 12.5. The third kappa shape index (κ3) is 8.78. The lowest BCUT2D eigenvalue weighted by Gasteiger charge is -2.40. The Morgan fingerprint density at radius 3 is 2.57 bits per heavy atom. The van der Waals surface area contributed by atoms with Crippen molar-refractivity contribution >= 4 is 11.9 Å². The van der Waals surface area contributed by atoms with Crippen molar-refractivity contribution in [2.45, 2.75) is 46.1 Å². The molecule has 0 aromatic heterocycles. The van der Waals surface area contributed by atoms with Crippen molar-refractivity contribution in [1.82, 2.24) is 20.4 Å². The molecule has 1 amide bonds. The van der Waals surface area contributed by atoms with E-state index >= 15 is 0 Å². The number of likely N-dealkylation sites (N-methyl/N-ethyl adjacent to an activating group) is 1. The van der Waals surface area contributed by atoms with Gasteiger partial charge in [0, 0.05) is 52.8 Å². The Kier molecular flexibility index (Phi) is 10.3. The zero-order chi connectivity index (χ0) is 22.0. The number of nitrogens with zero attached hydrogens (tertiary/aromatic N) is 3. The Morgan fingerprint density at radius 2 is 1.90 bits per heavy atom. The van der Waals surface area contributed by atoms with Crippen LogP contribution in [-0.2, 0) is 14.3 Å². The van der Waals surface area contributed by atoms with Gasteiger partial charge in [0.25, 0.3) is 0 Å². The molecule has 0 radical (unpaired) electrons. The minimum atomic E-state index is -0.00187. The second-order valence-electron chi connectivity index (χ2n) is 9.63. The molecule has 0 bridgehead atoms. The Morgan fingerprint density at radius 1 is 1.17 bits per heavy atom. The zero-order valence-corrected chi connectivity index (χ0v) is 19.7. The number of nitrogens with one attached hydrogen (secondary N) is 2. The van der Waals surface area contributed by atoms with Crippen LogP contribution in [0.15, 0.2) is 4.99 Å². The number of carbonyl (C=O) groups is 1. The normalized spacial score (nSPS) is 23.8. The largest absolute Gasteiger partial charge is 0.379 e. The molecular formula is C22H43N5O3. The van der Waals surface area contributed by atoms with Crippen molar-refractivity contribution in [2.24, 2.45) is 16.3 Å². The SMILES string of the molecule is CN(C)C(=O)CN=C(NCCCN1CCOCC1)NCC1CCCOC1C(C)(C)C. The predicted octanol–water partition coefficient (Wildman–Crippen LogP) is 1.17. The molecule has 2 heterocycles. The first-order chi connectivity index (χ1) is 14.3. The van der Waals surface area contributed by atoms with Gasteiger partial charge >= 0.3 is 0 Å². The summed E-state index contributed by atoms with van der Waals surface area (Å²) >= 11 is 0. The molecule has 2 unspecified atom stereocenters. The molecule has 0 aromatic carbocycles.